The van der Waals surface area contributed by atoms with Crippen LogP contribution < -0.4 is 11.3 Å². The van der Waals surface area contributed by atoms with Crippen LogP contribution in [0.25, 0.3) is 0 Å². The zero-order valence-electron chi connectivity index (χ0n) is 10.7. The third-order valence-corrected chi connectivity index (χ3v) is 3.46. The number of pyridine rings is 1. The number of hydrogen-bond donors (Lipinski definition) is 2. The van der Waals surface area contributed by atoms with E-state index in [1.165, 1.54) is 12.8 Å². The molecule has 0 aliphatic carbocycles. The summed E-state index contributed by atoms with van der Waals surface area (Å²) in [5.41, 5.74) is 3.70. The molecule has 1 aliphatic rings. The van der Waals surface area contributed by atoms with E-state index in [0.717, 1.165) is 19.4 Å². The summed E-state index contributed by atoms with van der Waals surface area (Å²) in [7, 11) is 0. The number of nitrogens with zero attached hydrogens (tertiary/aromatic N) is 2. The second kappa shape index (κ2) is 5.82. The van der Waals surface area contributed by atoms with E-state index in [-0.39, 0.29) is 11.9 Å². The highest BCUT2D eigenvalue weighted by Gasteiger charge is 2.23. The highest BCUT2D eigenvalue weighted by Crippen LogP contribution is 2.19. The Balaban J connectivity index is 2.18. The first-order valence-electron chi connectivity index (χ1n) is 6.46. The molecular weight excluding hydrogens is 228 g/mol. The van der Waals surface area contributed by atoms with Crippen molar-refractivity contribution in [1.29, 1.82) is 0 Å². The second-order valence-corrected chi connectivity index (χ2v) is 4.77. The van der Waals surface area contributed by atoms with E-state index >= 15 is 0 Å². The molecule has 1 fully saturated rings. The number of hydrogen-bond acceptors (Lipinski definition) is 4. The fraction of sp³-hybridized carbons (Fsp3) is 0.538. The third kappa shape index (κ3) is 2.79. The Labute approximate surface area is 107 Å². The molecule has 0 bridgehead atoms. The Morgan fingerprint density at radius 3 is 3.11 bits per heavy atom. The first kappa shape index (κ1) is 12.8. The molecule has 5 nitrogen and oxygen atoms in total. The average molecular weight is 248 g/mol. The van der Waals surface area contributed by atoms with Crippen LogP contribution in [0.15, 0.2) is 18.3 Å². The standard InChI is InChI=1S/C13H20N4O/c1-10-5-3-2-4-8-17(10)13(18)12-9-11(16-14)6-7-15-12/h6-7,9-10H,2-5,8,14H2,1H3,(H,15,16). The molecular formula is C13H20N4O. The molecule has 0 aromatic carbocycles. The lowest BCUT2D eigenvalue weighted by Crippen LogP contribution is -2.38. The maximum absolute atomic E-state index is 12.4. The van der Waals surface area contributed by atoms with Crippen molar-refractivity contribution in [3.05, 3.63) is 24.0 Å². The molecule has 1 unspecified atom stereocenters. The predicted molar refractivity (Wildman–Crippen MR) is 71.0 cm³/mol. The van der Waals surface area contributed by atoms with E-state index in [1.54, 1.807) is 18.3 Å². The van der Waals surface area contributed by atoms with Crippen molar-refractivity contribution in [1.82, 2.24) is 9.88 Å². The summed E-state index contributed by atoms with van der Waals surface area (Å²) in [6.07, 6.45) is 6.14. The normalized spacial score (nSPS) is 20.3. The largest absolute Gasteiger partial charge is 0.335 e. The fourth-order valence-electron chi connectivity index (χ4n) is 2.36. The topological polar surface area (TPSA) is 71.2 Å². The number of amides is 1. The van der Waals surface area contributed by atoms with Gasteiger partial charge in [-0.05, 0) is 31.9 Å². The molecule has 18 heavy (non-hydrogen) atoms. The third-order valence-electron chi connectivity index (χ3n) is 3.46. The van der Waals surface area contributed by atoms with Crippen LogP contribution in [0.4, 0.5) is 5.69 Å². The van der Waals surface area contributed by atoms with Gasteiger partial charge in [0.05, 0.1) is 5.69 Å². The number of anilines is 1. The number of nitrogens with two attached hydrogens (primary N) is 1. The number of rotatable bonds is 2. The van der Waals surface area contributed by atoms with Crippen LogP contribution in [0.5, 0.6) is 0 Å². The van der Waals surface area contributed by atoms with Crippen LogP contribution in [0.2, 0.25) is 0 Å². The van der Waals surface area contributed by atoms with Gasteiger partial charge in [0.2, 0.25) is 0 Å². The minimum atomic E-state index is 0.00139. The molecule has 1 amide bonds. The average Bonchev–Trinajstić information content (AvgIpc) is 2.62. The summed E-state index contributed by atoms with van der Waals surface area (Å²) in [6.45, 7) is 2.93. The summed E-state index contributed by atoms with van der Waals surface area (Å²) in [4.78, 5) is 18.5. The van der Waals surface area contributed by atoms with Crippen molar-refractivity contribution in [2.45, 2.75) is 38.6 Å². The van der Waals surface area contributed by atoms with Crippen LogP contribution in [0, 0.1) is 0 Å². The van der Waals surface area contributed by atoms with Crippen LogP contribution >= 0.6 is 0 Å². The molecule has 0 spiro atoms. The highest BCUT2D eigenvalue weighted by molar-refractivity contribution is 5.93. The van der Waals surface area contributed by atoms with Crippen LogP contribution in [0.1, 0.15) is 43.1 Å². The fourth-order valence-corrected chi connectivity index (χ4v) is 2.36. The van der Waals surface area contributed by atoms with Crippen molar-refractivity contribution >= 4 is 11.6 Å². The number of nitrogen functional groups attached to an aromatic ring is 1. The summed E-state index contributed by atoms with van der Waals surface area (Å²) >= 11 is 0. The van der Waals surface area contributed by atoms with E-state index < -0.39 is 0 Å². The van der Waals surface area contributed by atoms with Gasteiger partial charge in [0.25, 0.3) is 5.91 Å². The SMILES string of the molecule is CC1CCCCCN1C(=O)c1cc(NN)ccn1. The zero-order chi connectivity index (χ0) is 13.0. The number of carbonyl (C=O) groups is 1. The zero-order valence-corrected chi connectivity index (χ0v) is 10.7. The molecule has 1 saturated heterocycles. The lowest BCUT2D eigenvalue weighted by molar-refractivity contribution is 0.0692. The summed E-state index contributed by atoms with van der Waals surface area (Å²) < 4.78 is 0. The number of likely N-dealkylation sites (tertiary alicyclic amines) is 1. The van der Waals surface area contributed by atoms with Gasteiger partial charge < -0.3 is 10.3 Å². The molecule has 98 valence electrons. The lowest BCUT2D eigenvalue weighted by Gasteiger charge is -2.26. The Hall–Kier alpha value is -1.62. The Bertz CT molecular complexity index is 421. The van der Waals surface area contributed by atoms with Gasteiger partial charge in [-0.1, -0.05) is 12.8 Å². The smallest absolute Gasteiger partial charge is 0.272 e. The van der Waals surface area contributed by atoms with E-state index in [2.05, 4.69) is 17.3 Å². The highest BCUT2D eigenvalue weighted by atomic mass is 16.2. The van der Waals surface area contributed by atoms with Crippen molar-refractivity contribution < 1.29 is 4.79 Å². The quantitative estimate of drug-likeness (QED) is 0.618. The molecule has 5 heteroatoms. The molecule has 3 N–H and O–H groups in total. The van der Waals surface area contributed by atoms with Crippen molar-refractivity contribution in [3.63, 3.8) is 0 Å². The molecule has 1 atom stereocenters. The minimum Gasteiger partial charge on any atom is -0.335 e. The number of hydrazine groups is 1. The molecule has 0 saturated carbocycles. The van der Waals surface area contributed by atoms with Gasteiger partial charge in [-0.2, -0.15) is 0 Å². The van der Waals surface area contributed by atoms with E-state index in [9.17, 15) is 4.79 Å². The van der Waals surface area contributed by atoms with Crippen LogP contribution in [0.3, 0.4) is 0 Å². The number of aromatic nitrogens is 1. The van der Waals surface area contributed by atoms with Gasteiger partial charge in [0.15, 0.2) is 0 Å². The van der Waals surface area contributed by atoms with Gasteiger partial charge in [-0.3, -0.25) is 15.6 Å². The van der Waals surface area contributed by atoms with Crippen molar-refractivity contribution in [3.8, 4) is 0 Å². The minimum absolute atomic E-state index is 0.00139. The summed E-state index contributed by atoms with van der Waals surface area (Å²) in [5.74, 6) is 5.35. The first-order chi connectivity index (χ1) is 8.72. The van der Waals surface area contributed by atoms with E-state index in [4.69, 9.17) is 5.84 Å². The van der Waals surface area contributed by atoms with Crippen molar-refractivity contribution in [2.24, 2.45) is 5.84 Å². The molecule has 1 aromatic heterocycles. The Kier molecular flexibility index (Phi) is 4.15. The monoisotopic (exact) mass is 248 g/mol. The molecule has 0 radical (unpaired) electrons. The van der Waals surface area contributed by atoms with E-state index in [1.807, 2.05) is 4.90 Å². The Morgan fingerprint density at radius 1 is 1.50 bits per heavy atom. The first-order valence-corrected chi connectivity index (χ1v) is 6.46. The van der Waals surface area contributed by atoms with Gasteiger partial charge >= 0.3 is 0 Å². The van der Waals surface area contributed by atoms with Gasteiger partial charge in [-0.15, -0.1) is 0 Å². The molecule has 2 heterocycles. The van der Waals surface area contributed by atoms with Crippen molar-refractivity contribution in [2.75, 3.05) is 12.0 Å². The number of carbonyl (C=O) groups excluding carboxylic acids is 1. The molecule has 2 rings (SSSR count). The maximum atomic E-state index is 12.4. The maximum Gasteiger partial charge on any atom is 0.272 e. The molecule has 1 aromatic rings. The second-order valence-electron chi connectivity index (χ2n) is 4.77. The van der Waals surface area contributed by atoms with Crippen LogP contribution in [-0.2, 0) is 0 Å². The van der Waals surface area contributed by atoms with Crippen LogP contribution in [-0.4, -0.2) is 28.4 Å². The molecule has 1 aliphatic heterocycles. The Morgan fingerprint density at radius 2 is 2.33 bits per heavy atom. The lowest BCUT2D eigenvalue weighted by atomic mass is 10.1. The van der Waals surface area contributed by atoms with Gasteiger partial charge in [0, 0.05) is 18.8 Å². The van der Waals surface area contributed by atoms with Gasteiger partial charge in [0.1, 0.15) is 5.69 Å². The number of nitrogens with one attached hydrogen (secondary N) is 1. The summed E-state index contributed by atoms with van der Waals surface area (Å²) in [6, 6.07) is 3.72. The van der Waals surface area contributed by atoms with E-state index in [0.29, 0.717) is 11.4 Å². The predicted octanol–water partition coefficient (Wildman–Crippen LogP) is 1.77. The van der Waals surface area contributed by atoms with Gasteiger partial charge in [-0.25, -0.2) is 0 Å². The summed E-state index contributed by atoms with van der Waals surface area (Å²) in [5, 5.41) is 0.